The molecule has 1 atom stereocenters. The van der Waals surface area contributed by atoms with Crippen molar-refractivity contribution in [2.45, 2.75) is 26.9 Å². The number of nitrogens with one attached hydrogen (secondary N) is 1. The third-order valence-electron chi connectivity index (χ3n) is 3.63. The van der Waals surface area contributed by atoms with E-state index in [2.05, 4.69) is 35.9 Å². The van der Waals surface area contributed by atoms with Gasteiger partial charge in [0, 0.05) is 0 Å². The summed E-state index contributed by atoms with van der Waals surface area (Å²) in [5.41, 5.74) is 4.38. The molecule has 1 N–H and O–H groups in total. The van der Waals surface area contributed by atoms with E-state index in [4.69, 9.17) is 4.74 Å². The number of rotatable bonds is 3. The predicted octanol–water partition coefficient (Wildman–Crippen LogP) is 4.46. The molecule has 0 saturated carbocycles. The SMILES string of the molecule is Cc1cc2nc([C@@H](C)Oc3ccc(F)cc3)[nH]c2cc1C. The third-order valence-corrected chi connectivity index (χ3v) is 3.63. The van der Waals surface area contributed by atoms with Crippen molar-refractivity contribution in [3.63, 3.8) is 0 Å². The van der Waals surface area contributed by atoms with Gasteiger partial charge in [-0.15, -0.1) is 0 Å². The summed E-state index contributed by atoms with van der Waals surface area (Å²) < 4.78 is 18.7. The van der Waals surface area contributed by atoms with Crippen molar-refractivity contribution < 1.29 is 9.13 Å². The molecule has 1 aromatic heterocycles. The van der Waals surface area contributed by atoms with Crippen LogP contribution in [0.1, 0.15) is 30.0 Å². The van der Waals surface area contributed by atoms with Crippen LogP contribution in [0.25, 0.3) is 11.0 Å². The Kier molecular flexibility index (Phi) is 3.37. The largest absolute Gasteiger partial charge is 0.483 e. The van der Waals surface area contributed by atoms with Crippen molar-refractivity contribution >= 4 is 11.0 Å². The second kappa shape index (κ2) is 5.20. The Morgan fingerprint density at radius 3 is 2.48 bits per heavy atom. The number of benzene rings is 2. The third kappa shape index (κ3) is 2.75. The van der Waals surface area contributed by atoms with Gasteiger partial charge in [-0.25, -0.2) is 9.37 Å². The second-order valence-electron chi connectivity index (χ2n) is 5.29. The fourth-order valence-corrected chi connectivity index (χ4v) is 2.25. The zero-order valence-electron chi connectivity index (χ0n) is 12.3. The number of ether oxygens (including phenoxy) is 1. The average molecular weight is 284 g/mol. The van der Waals surface area contributed by atoms with Crippen molar-refractivity contribution in [3.05, 3.63) is 59.2 Å². The van der Waals surface area contributed by atoms with Gasteiger partial charge in [-0.1, -0.05) is 0 Å². The summed E-state index contributed by atoms with van der Waals surface area (Å²) in [6, 6.07) is 10.1. The number of aromatic amines is 1. The topological polar surface area (TPSA) is 37.9 Å². The smallest absolute Gasteiger partial charge is 0.153 e. The lowest BCUT2D eigenvalue weighted by Gasteiger charge is -2.12. The van der Waals surface area contributed by atoms with E-state index >= 15 is 0 Å². The fourth-order valence-electron chi connectivity index (χ4n) is 2.25. The number of H-pyrrole nitrogens is 1. The minimum absolute atomic E-state index is 0.233. The molecule has 1 heterocycles. The Hall–Kier alpha value is -2.36. The van der Waals surface area contributed by atoms with E-state index in [0.717, 1.165) is 16.9 Å². The standard InChI is InChI=1S/C17H17FN2O/c1-10-8-15-16(9-11(10)2)20-17(19-15)12(3)21-14-6-4-13(18)5-7-14/h4-9,12H,1-3H3,(H,19,20)/t12-/m1/s1. The Labute approximate surface area is 122 Å². The summed E-state index contributed by atoms with van der Waals surface area (Å²) in [6.45, 7) is 6.07. The van der Waals surface area contributed by atoms with Gasteiger partial charge in [0.15, 0.2) is 6.10 Å². The Bertz CT molecular complexity index is 738. The molecule has 0 unspecified atom stereocenters. The van der Waals surface area contributed by atoms with Gasteiger partial charge in [-0.05, 0) is 68.3 Å². The maximum atomic E-state index is 12.9. The molecule has 0 spiro atoms. The van der Waals surface area contributed by atoms with E-state index in [0.29, 0.717) is 5.75 Å². The number of hydrogen-bond acceptors (Lipinski definition) is 2. The average Bonchev–Trinajstić information content (AvgIpc) is 2.85. The molecular weight excluding hydrogens is 267 g/mol. The van der Waals surface area contributed by atoms with Crippen molar-refractivity contribution in [2.24, 2.45) is 0 Å². The Morgan fingerprint density at radius 2 is 1.76 bits per heavy atom. The predicted molar refractivity (Wildman–Crippen MR) is 81.0 cm³/mol. The van der Waals surface area contributed by atoms with Gasteiger partial charge in [0.1, 0.15) is 17.4 Å². The van der Waals surface area contributed by atoms with E-state index in [1.165, 1.54) is 23.3 Å². The molecule has 3 rings (SSSR count). The van der Waals surface area contributed by atoms with Gasteiger partial charge in [0.05, 0.1) is 11.0 Å². The van der Waals surface area contributed by atoms with Crippen LogP contribution in [0.15, 0.2) is 36.4 Å². The van der Waals surface area contributed by atoms with Crippen molar-refractivity contribution in [1.82, 2.24) is 9.97 Å². The molecule has 3 nitrogen and oxygen atoms in total. The number of imidazole rings is 1. The number of aryl methyl sites for hydroxylation is 2. The number of nitrogens with zero attached hydrogens (tertiary/aromatic N) is 1. The molecular formula is C17H17FN2O. The van der Waals surface area contributed by atoms with E-state index in [1.54, 1.807) is 12.1 Å². The molecule has 108 valence electrons. The van der Waals surface area contributed by atoms with E-state index < -0.39 is 0 Å². The van der Waals surface area contributed by atoms with Gasteiger partial charge in [-0.2, -0.15) is 0 Å². The first-order valence-corrected chi connectivity index (χ1v) is 6.92. The highest BCUT2D eigenvalue weighted by Crippen LogP contribution is 2.23. The molecule has 21 heavy (non-hydrogen) atoms. The Morgan fingerprint density at radius 1 is 1.10 bits per heavy atom. The van der Waals surface area contributed by atoms with E-state index in [-0.39, 0.29) is 11.9 Å². The molecule has 0 aliphatic heterocycles. The highest BCUT2D eigenvalue weighted by Gasteiger charge is 2.13. The summed E-state index contributed by atoms with van der Waals surface area (Å²) in [5.74, 6) is 1.11. The summed E-state index contributed by atoms with van der Waals surface area (Å²) in [5, 5.41) is 0. The van der Waals surface area contributed by atoms with Gasteiger partial charge in [0.25, 0.3) is 0 Å². The number of aromatic nitrogens is 2. The lowest BCUT2D eigenvalue weighted by Crippen LogP contribution is -2.04. The van der Waals surface area contributed by atoms with Gasteiger partial charge in [-0.3, -0.25) is 0 Å². The minimum Gasteiger partial charge on any atom is -0.483 e. The van der Waals surface area contributed by atoms with E-state index in [1.807, 2.05) is 6.92 Å². The quantitative estimate of drug-likeness (QED) is 0.771. The van der Waals surface area contributed by atoms with Crippen molar-refractivity contribution in [2.75, 3.05) is 0 Å². The first-order valence-electron chi connectivity index (χ1n) is 6.92. The molecule has 0 amide bonds. The number of fused-ring (bicyclic) bond motifs is 1. The zero-order chi connectivity index (χ0) is 15.0. The van der Waals surface area contributed by atoms with Crippen LogP contribution in [0.2, 0.25) is 0 Å². The van der Waals surface area contributed by atoms with Crippen molar-refractivity contribution in [1.29, 1.82) is 0 Å². The highest BCUT2D eigenvalue weighted by molar-refractivity contribution is 5.77. The zero-order valence-corrected chi connectivity index (χ0v) is 12.3. The summed E-state index contributed by atoms with van der Waals surface area (Å²) in [7, 11) is 0. The molecule has 0 aliphatic rings. The van der Waals surface area contributed by atoms with Crippen LogP contribution in [-0.2, 0) is 0 Å². The maximum absolute atomic E-state index is 12.9. The van der Waals surface area contributed by atoms with Crippen molar-refractivity contribution in [3.8, 4) is 5.75 Å². The first kappa shape index (κ1) is 13.6. The molecule has 0 aliphatic carbocycles. The monoisotopic (exact) mass is 284 g/mol. The molecule has 3 aromatic rings. The minimum atomic E-state index is -0.273. The first-order chi connectivity index (χ1) is 10.0. The normalized spacial score (nSPS) is 12.6. The molecule has 4 heteroatoms. The molecule has 0 radical (unpaired) electrons. The molecule has 0 fully saturated rings. The Balaban J connectivity index is 1.87. The second-order valence-corrected chi connectivity index (χ2v) is 5.29. The summed E-state index contributed by atoms with van der Waals surface area (Å²) in [4.78, 5) is 7.86. The number of hydrogen-bond donors (Lipinski definition) is 1. The summed E-state index contributed by atoms with van der Waals surface area (Å²) in [6.07, 6.45) is -0.233. The molecule has 2 aromatic carbocycles. The fraction of sp³-hybridized carbons (Fsp3) is 0.235. The van der Waals surface area contributed by atoms with E-state index in [9.17, 15) is 4.39 Å². The van der Waals surface area contributed by atoms with Crippen LogP contribution in [0.4, 0.5) is 4.39 Å². The molecule has 0 bridgehead atoms. The van der Waals surface area contributed by atoms with Gasteiger partial charge < -0.3 is 9.72 Å². The van der Waals surface area contributed by atoms with Crippen LogP contribution in [0.3, 0.4) is 0 Å². The molecule has 0 saturated heterocycles. The van der Waals surface area contributed by atoms with Gasteiger partial charge in [0.2, 0.25) is 0 Å². The summed E-state index contributed by atoms with van der Waals surface area (Å²) >= 11 is 0. The highest BCUT2D eigenvalue weighted by atomic mass is 19.1. The van der Waals surface area contributed by atoms with Crippen LogP contribution in [0, 0.1) is 19.7 Å². The van der Waals surface area contributed by atoms with Crippen LogP contribution < -0.4 is 4.74 Å². The van der Waals surface area contributed by atoms with Crippen LogP contribution in [0.5, 0.6) is 5.75 Å². The maximum Gasteiger partial charge on any atom is 0.153 e. The van der Waals surface area contributed by atoms with Crippen LogP contribution in [-0.4, -0.2) is 9.97 Å². The lowest BCUT2D eigenvalue weighted by atomic mass is 10.1. The lowest BCUT2D eigenvalue weighted by molar-refractivity contribution is 0.217. The van der Waals surface area contributed by atoms with Gasteiger partial charge >= 0.3 is 0 Å². The van der Waals surface area contributed by atoms with Crippen LogP contribution >= 0.6 is 0 Å². The number of halogens is 1.